The van der Waals surface area contributed by atoms with Gasteiger partial charge in [-0.15, -0.1) is 0 Å². The van der Waals surface area contributed by atoms with E-state index in [9.17, 15) is 9.59 Å². The lowest BCUT2D eigenvalue weighted by molar-refractivity contribution is 0.0167. The Kier molecular flexibility index (Phi) is 6.71. The van der Waals surface area contributed by atoms with E-state index < -0.39 is 13.9 Å². The molecule has 0 saturated carbocycles. The van der Waals surface area contributed by atoms with Crippen molar-refractivity contribution in [1.29, 1.82) is 0 Å². The van der Waals surface area contributed by atoms with Crippen molar-refractivity contribution in [2.75, 3.05) is 19.6 Å². The van der Waals surface area contributed by atoms with E-state index in [1.807, 2.05) is 43.9 Å². The zero-order valence-electron chi connectivity index (χ0n) is 21.1. The minimum atomic E-state index is -2.04. The van der Waals surface area contributed by atoms with Crippen LogP contribution in [0.4, 0.5) is 4.79 Å². The lowest BCUT2D eigenvalue weighted by Crippen LogP contribution is -2.44. The molecular weight excluding hydrogens is 420 g/mol. The van der Waals surface area contributed by atoms with E-state index in [0.29, 0.717) is 25.6 Å². The third-order valence-electron chi connectivity index (χ3n) is 6.89. The molecule has 0 N–H and O–H groups in total. The number of nitrogens with zero attached hydrogens (tertiary/aromatic N) is 2. The maximum Gasteiger partial charge on any atom is 0.410 e. The van der Waals surface area contributed by atoms with Crippen LogP contribution in [0.2, 0.25) is 18.1 Å². The second kappa shape index (κ2) is 8.73. The summed E-state index contributed by atoms with van der Waals surface area (Å²) in [6.07, 6.45) is 1.52. The van der Waals surface area contributed by atoms with Gasteiger partial charge in [0.05, 0.1) is 5.56 Å². The van der Waals surface area contributed by atoms with Crippen LogP contribution in [-0.2, 0) is 11.3 Å². The maximum atomic E-state index is 13.3. The fourth-order valence-corrected chi connectivity index (χ4v) is 5.01. The summed E-state index contributed by atoms with van der Waals surface area (Å²) in [5.74, 6) is 1.20. The molecule has 0 radical (unpaired) electrons. The zero-order valence-corrected chi connectivity index (χ0v) is 22.1. The number of amides is 2. The molecule has 0 atom stereocenters. The highest BCUT2D eigenvalue weighted by molar-refractivity contribution is 6.74. The summed E-state index contributed by atoms with van der Waals surface area (Å²) < 4.78 is 12.0. The van der Waals surface area contributed by atoms with Crippen LogP contribution in [0.15, 0.2) is 18.2 Å². The van der Waals surface area contributed by atoms with Crippen molar-refractivity contribution in [2.24, 2.45) is 5.92 Å². The fraction of sp³-hybridized carbons (Fsp3) is 0.680. The highest BCUT2D eigenvalue weighted by atomic mass is 28.4. The van der Waals surface area contributed by atoms with E-state index in [1.54, 1.807) is 4.90 Å². The number of likely N-dealkylation sites (tertiary alicyclic amines) is 1. The van der Waals surface area contributed by atoms with Gasteiger partial charge >= 0.3 is 6.09 Å². The molecule has 178 valence electrons. The first-order chi connectivity index (χ1) is 14.7. The number of ether oxygens (including phenoxy) is 1. The first-order valence-electron chi connectivity index (χ1n) is 11.8. The summed E-state index contributed by atoms with van der Waals surface area (Å²) in [5.41, 5.74) is 1.31. The molecule has 1 fully saturated rings. The smallest absolute Gasteiger partial charge is 0.410 e. The molecule has 2 aliphatic heterocycles. The zero-order chi connectivity index (χ0) is 23.9. The Labute approximate surface area is 194 Å². The van der Waals surface area contributed by atoms with Gasteiger partial charge in [-0.2, -0.15) is 0 Å². The molecule has 1 saturated heterocycles. The van der Waals surface area contributed by atoms with E-state index in [0.717, 1.165) is 36.3 Å². The molecule has 1 aromatic carbocycles. The lowest BCUT2D eigenvalue weighted by Gasteiger charge is -2.37. The summed E-state index contributed by atoms with van der Waals surface area (Å²) in [6, 6.07) is 5.98. The molecular formula is C25H40N2O4Si. The normalized spacial score (nSPS) is 18.1. The Morgan fingerprint density at radius 3 is 2.28 bits per heavy atom. The van der Waals surface area contributed by atoms with Gasteiger partial charge in [-0.25, -0.2) is 4.79 Å². The average molecular weight is 461 g/mol. The van der Waals surface area contributed by atoms with Gasteiger partial charge in [0.15, 0.2) is 0 Å². The predicted octanol–water partition coefficient (Wildman–Crippen LogP) is 5.67. The van der Waals surface area contributed by atoms with E-state index in [4.69, 9.17) is 9.16 Å². The van der Waals surface area contributed by atoms with Crippen molar-refractivity contribution in [3.8, 4) is 5.75 Å². The Morgan fingerprint density at radius 1 is 1.09 bits per heavy atom. The quantitative estimate of drug-likeness (QED) is 0.543. The highest BCUT2D eigenvalue weighted by Gasteiger charge is 2.41. The van der Waals surface area contributed by atoms with Gasteiger partial charge in [0.1, 0.15) is 11.4 Å². The monoisotopic (exact) mass is 460 g/mol. The van der Waals surface area contributed by atoms with E-state index in [-0.39, 0.29) is 17.0 Å². The summed E-state index contributed by atoms with van der Waals surface area (Å²) in [4.78, 5) is 29.4. The van der Waals surface area contributed by atoms with Crippen LogP contribution >= 0.6 is 0 Å². The first-order valence-corrected chi connectivity index (χ1v) is 14.7. The molecule has 32 heavy (non-hydrogen) atoms. The summed E-state index contributed by atoms with van der Waals surface area (Å²) >= 11 is 0. The van der Waals surface area contributed by atoms with E-state index in [1.165, 1.54) is 0 Å². The summed E-state index contributed by atoms with van der Waals surface area (Å²) in [6.45, 7) is 19.4. The Balaban J connectivity index is 1.62. The van der Waals surface area contributed by atoms with Crippen molar-refractivity contribution in [3.05, 3.63) is 29.3 Å². The molecule has 7 heteroatoms. The molecule has 3 rings (SSSR count). The molecule has 2 amide bonds. The second-order valence-corrected chi connectivity index (χ2v) is 16.5. The number of benzene rings is 1. The van der Waals surface area contributed by atoms with Crippen LogP contribution in [0.3, 0.4) is 0 Å². The van der Waals surface area contributed by atoms with E-state index >= 15 is 0 Å². The van der Waals surface area contributed by atoms with Gasteiger partial charge in [0.2, 0.25) is 0 Å². The van der Waals surface area contributed by atoms with Crippen LogP contribution in [0.5, 0.6) is 5.75 Å². The van der Waals surface area contributed by atoms with Crippen molar-refractivity contribution >= 4 is 20.3 Å². The fourth-order valence-electron chi connectivity index (χ4n) is 3.98. The number of piperidine rings is 1. The molecule has 6 nitrogen and oxygen atoms in total. The standard InChI is InChI=1S/C25H40N2O4Si/c1-24(2,3)30-23(29)26-14-12-18(13-15-26)16-27-17-19-10-9-11-20(21(19)22(27)28)31-32(7,8)25(4,5)6/h9-11,18H,12-17H2,1-8H3. The molecule has 0 bridgehead atoms. The largest absolute Gasteiger partial charge is 0.543 e. The SMILES string of the molecule is CC(C)(C)OC(=O)N1CCC(CN2Cc3cccc(O[Si](C)(C)C(C)(C)C)c3C2=O)CC1. The number of fused-ring (bicyclic) bond motifs is 1. The number of hydrogen-bond donors (Lipinski definition) is 0. The molecule has 2 aliphatic rings. The summed E-state index contributed by atoms with van der Waals surface area (Å²) in [7, 11) is -2.04. The Hall–Kier alpha value is -2.02. The average Bonchev–Trinajstić information content (AvgIpc) is 2.96. The van der Waals surface area contributed by atoms with Crippen molar-refractivity contribution in [3.63, 3.8) is 0 Å². The van der Waals surface area contributed by atoms with Gasteiger partial charge < -0.3 is 19.0 Å². The molecule has 0 unspecified atom stereocenters. The molecule has 1 aromatic rings. The minimum Gasteiger partial charge on any atom is -0.543 e. The van der Waals surface area contributed by atoms with Crippen LogP contribution in [-0.4, -0.2) is 55.4 Å². The topological polar surface area (TPSA) is 59.1 Å². The van der Waals surface area contributed by atoms with Gasteiger partial charge in [0, 0.05) is 26.2 Å². The van der Waals surface area contributed by atoms with Gasteiger partial charge in [0.25, 0.3) is 14.2 Å². The van der Waals surface area contributed by atoms with Gasteiger partial charge in [-0.3, -0.25) is 4.79 Å². The van der Waals surface area contributed by atoms with Crippen LogP contribution < -0.4 is 4.43 Å². The molecule has 0 spiro atoms. The van der Waals surface area contributed by atoms with Crippen molar-refractivity contribution in [1.82, 2.24) is 9.80 Å². The number of carbonyl (C=O) groups excluding carboxylic acids is 2. The van der Waals surface area contributed by atoms with Gasteiger partial charge in [-0.1, -0.05) is 32.9 Å². The van der Waals surface area contributed by atoms with E-state index in [2.05, 4.69) is 33.9 Å². The third kappa shape index (κ3) is 5.48. The highest BCUT2D eigenvalue weighted by Crippen LogP contribution is 2.40. The Morgan fingerprint density at radius 2 is 1.72 bits per heavy atom. The first kappa shape index (κ1) is 24.6. The maximum absolute atomic E-state index is 13.3. The van der Waals surface area contributed by atoms with Crippen molar-refractivity contribution in [2.45, 2.75) is 84.7 Å². The van der Waals surface area contributed by atoms with Crippen LogP contribution in [0.25, 0.3) is 0 Å². The van der Waals surface area contributed by atoms with Crippen LogP contribution in [0, 0.1) is 5.92 Å². The number of carbonyl (C=O) groups is 2. The molecule has 0 aliphatic carbocycles. The molecule has 2 heterocycles. The number of rotatable bonds is 4. The second-order valence-electron chi connectivity index (χ2n) is 11.7. The predicted molar refractivity (Wildman–Crippen MR) is 130 cm³/mol. The third-order valence-corrected chi connectivity index (χ3v) is 11.2. The molecule has 0 aromatic heterocycles. The minimum absolute atomic E-state index is 0.0686. The summed E-state index contributed by atoms with van der Waals surface area (Å²) in [5, 5.41) is 0.0686. The lowest BCUT2D eigenvalue weighted by atomic mass is 9.96. The van der Waals surface area contributed by atoms with Gasteiger partial charge in [-0.05, 0) is 69.3 Å². The number of hydrogen-bond acceptors (Lipinski definition) is 4. The van der Waals surface area contributed by atoms with Crippen LogP contribution in [0.1, 0.15) is 70.3 Å². The van der Waals surface area contributed by atoms with Crippen molar-refractivity contribution < 1.29 is 18.8 Å². The Bertz CT molecular complexity index is 862.